The van der Waals surface area contributed by atoms with Crippen molar-refractivity contribution in [3.05, 3.63) is 50.3 Å². The van der Waals surface area contributed by atoms with E-state index in [4.69, 9.17) is 4.42 Å². The molecule has 1 fully saturated rings. The first-order valence-electron chi connectivity index (χ1n) is 7.79. The molecule has 1 saturated carbocycles. The van der Waals surface area contributed by atoms with Crippen LogP contribution in [-0.4, -0.2) is 14.9 Å². The third kappa shape index (κ3) is 3.02. The van der Waals surface area contributed by atoms with Crippen LogP contribution in [0.1, 0.15) is 35.5 Å². The van der Waals surface area contributed by atoms with E-state index in [9.17, 15) is 10.1 Å². The Morgan fingerprint density at radius 1 is 1.46 bits per heavy atom. The van der Waals surface area contributed by atoms with E-state index in [1.165, 1.54) is 25.0 Å². The fourth-order valence-electron chi connectivity index (χ4n) is 2.75. The molecule has 0 spiro atoms. The van der Waals surface area contributed by atoms with Crippen molar-refractivity contribution in [2.24, 2.45) is 5.92 Å². The van der Waals surface area contributed by atoms with E-state index >= 15 is 0 Å². The second-order valence-corrected chi connectivity index (χ2v) is 6.93. The molecule has 0 saturated heterocycles. The first kappa shape index (κ1) is 15.2. The molecule has 0 aliphatic heterocycles. The zero-order chi connectivity index (χ0) is 16.7. The molecule has 2 aromatic heterocycles. The number of oxazole rings is 1. The van der Waals surface area contributed by atoms with Gasteiger partial charge in [-0.3, -0.25) is 15.4 Å². The normalized spacial score (nSPS) is 15.7. The van der Waals surface area contributed by atoms with Gasteiger partial charge in [-0.2, -0.15) is 0 Å². The highest BCUT2D eigenvalue weighted by Gasteiger charge is 2.34. The highest BCUT2D eigenvalue weighted by atomic mass is 32.1. The lowest BCUT2D eigenvalue weighted by atomic mass is 10.2. The van der Waals surface area contributed by atoms with E-state index in [2.05, 4.69) is 20.7 Å². The minimum absolute atomic E-state index is 0.0180. The molecule has 2 heterocycles. The smallest absolute Gasteiger partial charge is 0.271 e. The van der Waals surface area contributed by atoms with Crippen LogP contribution in [0.25, 0.3) is 11.1 Å². The maximum atomic E-state index is 10.8. The van der Waals surface area contributed by atoms with Gasteiger partial charge in [0.15, 0.2) is 5.58 Å². The van der Waals surface area contributed by atoms with Crippen molar-refractivity contribution in [1.29, 1.82) is 0 Å². The molecule has 0 amide bonds. The predicted octanol–water partition coefficient (Wildman–Crippen LogP) is 3.74. The molecule has 3 aromatic rings. The second kappa shape index (κ2) is 5.95. The summed E-state index contributed by atoms with van der Waals surface area (Å²) >= 11 is 1.67. The molecular formula is C16H16N4O3S. The van der Waals surface area contributed by atoms with E-state index < -0.39 is 4.92 Å². The van der Waals surface area contributed by atoms with Crippen LogP contribution in [0, 0.1) is 23.0 Å². The van der Waals surface area contributed by atoms with Crippen LogP contribution in [0.3, 0.4) is 0 Å². The Bertz CT molecular complexity index is 900. The van der Waals surface area contributed by atoms with Crippen LogP contribution in [0.15, 0.2) is 28.0 Å². The van der Waals surface area contributed by atoms with Crippen LogP contribution in [0.2, 0.25) is 0 Å². The summed E-state index contributed by atoms with van der Waals surface area (Å²) in [4.78, 5) is 19.3. The maximum Gasteiger partial charge on any atom is 0.271 e. The molecular weight excluding hydrogens is 328 g/mol. The summed E-state index contributed by atoms with van der Waals surface area (Å²) in [5, 5.41) is 17.5. The molecule has 1 aliphatic carbocycles. The summed E-state index contributed by atoms with van der Waals surface area (Å²) in [6, 6.07) is 4.67. The number of fused-ring (bicyclic) bond motifs is 1. The van der Waals surface area contributed by atoms with Gasteiger partial charge in [0.2, 0.25) is 5.89 Å². The predicted molar refractivity (Wildman–Crippen MR) is 89.8 cm³/mol. The van der Waals surface area contributed by atoms with Crippen molar-refractivity contribution >= 4 is 28.1 Å². The molecule has 24 heavy (non-hydrogen) atoms. The molecule has 0 bridgehead atoms. The number of non-ortho nitro benzene ring substituents is 1. The lowest BCUT2D eigenvalue weighted by Crippen LogP contribution is -2.22. The molecule has 1 atom stereocenters. The summed E-state index contributed by atoms with van der Waals surface area (Å²) < 4.78 is 5.68. The fourth-order valence-corrected chi connectivity index (χ4v) is 3.71. The Balaban J connectivity index is 1.52. The molecule has 1 N–H and O–H groups in total. The molecule has 7 nitrogen and oxygen atoms in total. The maximum absolute atomic E-state index is 10.8. The van der Waals surface area contributed by atoms with Crippen molar-refractivity contribution in [3.63, 3.8) is 0 Å². The SMILES string of the molecule is Cc1csc(C(NCc2nc3cc([N+](=O)[O-])ccc3o2)C2CC2)n1. The standard InChI is InChI=1S/C16H16N4O3S/c1-9-8-24-16(18-9)15(10-2-3-10)17-7-14-19-12-6-11(20(21)22)4-5-13(12)23-14/h4-6,8,10,15,17H,2-3,7H2,1H3. The number of nitrogens with one attached hydrogen (secondary N) is 1. The van der Waals surface area contributed by atoms with Crippen molar-refractivity contribution in [2.45, 2.75) is 32.4 Å². The molecule has 4 rings (SSSR count). The Kier molecular flexibility index (Phi) is 3.78. The largest absolute Gasteiger partial charge is 0.439 e. The summed E-state index contributed by atoms with van der Waals surface area (Å²) in [6.45, 7) is 2.47. The fraction of sp³-hybridized carbons (Fsp3) is 0.375. The summed E-state index contributed by atoms with van der Waals surface area (Å²) in [7, 11) is 0. The van der Waals surface area contributed by atoms with E-state index in [1.807, 2.05) is 6.92 Å². The van der Waals surface area contributed by atoms with Crippen LogP contribution in [0.5, 0.6) is 0 Å². The van der Waals surface area contributed by atoms with Gasteiger partial charge in [0.25, 0.3) is 5.69 Å². The van der Waals surface area contributed by atoms with Crippen LogP contribution in [-0.2, 0) is 6.54 Å². The van der Waals surface area contributed by atoms with Gasteiger partial charge in [0.05, 0.1) is 17.5 Å². The second-order valence-electron chi connectivity index (χ2n) is 6.04. The van der Waals surface area contributed by atoms with Crippen LogP contribution < -0.4 is 5.32 Å². The first-order chi connectivity index (χ1) is 11.6. The van der Waals surface area contributed by atoms with E-state index in [-0.39, 0.29) is 11.7 Å². The molecule has 0 radical (unpaired) electrons. The summed E-state index contributed by atoms with van der Waals surface area (Å²) in [5.41, 5.74) is 2.13. The molecule has 1 aliphatic rings. The first-order valence-corrected chi connectivity index (χ1v) is 8.67. The quantitative estimate of drug-likeness (QED) is 0.541. The number of aryl methyl sites for hydroxylation is 1. The van der Waals surface area contributed by atoms with Crippen molar-refractivity contribution in [2.75, 3.05) is 0 Å². The number of hydrogen-bond acceptors (Lipinski definition) is 7. The van der Waals surface area contributed by atoms with Gasteiger partial charge in [-0.05, 0) is 31.7 Å². The number of nitro benzene ring substituents is 1. The summed E-state index contributed by atoms with van der Waals surface area (Å²) in [6.07, 6.45) is 2.41. The molecule has 124 valence electrons. The van der Waals surface area contributed by atoms with Gasteiger partial charge in [-0.25, -0.2) is 9.97 Å². The van der Waals surface area contributed by atoms with E-state index in [1.54, 1.807) is 17.4 Å². The zero-order valence-corrected chi connectivity index (χ0v) is 13.9. The van der Waals surface area contributed by atoms with Crippen molar-refractivity contribution < 1.29 is 9.34 Å². The van der Waals surface area contributed by atoms with Crippen molar-refractivity contribution in [3.8, 4) is 0 Å². The monoisotopic (exact) mass is 344 g/mol. The van der Waals surface area contributed by atoms with Gasteiger partial charge in [-0.15, -0.1) is 11.3 Å². The van der Waals surface area contributed by atoms with Gasteiger partial charge in [-0.1, -0.05) is 0 Å². The number of rotatable bonds is 6. The van der Waals surface area contributed by atoms with Crippen molar-refractivity contribution in [1.82, 2.24) is 15.3 Å². The summed E-state index contributed by atoms with van der Waals surface area (Å²) in [5.74, 6) is 1.14. The van der Waals surface area contributed by atoms with Gasteiger partial charge in [0, 0.05) is 23.2 Å². The zero-order valence-electron chi connectivity index (χ0n) is 13.1. The Labute approximate surface area is 141 Å². The van der Waals surface area contributed by atoms with Crippen LogP contribution in [0.4, 0.5) is 5.69 Å². The van der Waals surface area contributed by atoms with E-state index in [0.29, 0.717) is 29.5 Å². The van der Waals surface area contributed by atoms with E-state index in [0.717, 1.165) is 10.7 Å². The Hall–Kier alpha value is -2.32. The topological polar surface area (TPSA) is 94.1 Å². The third-order valence-electron chi connectivity index (χ3n) is 4.10. The van der Waals surface area contributed by atoms with Gasteiger partial charge in [0.1, 0.15) is 10.5 Å². The lowest BCUT2D eigenvalue weighted by molar-refractivity contribution is -0.384. The number of nitrogens with zero attached hydrogens (tertiary/aromatic N) is 3. The highest BCUT2D eigenvalue weighted by molar-refractivity contribution is 7.09. The average Bonchev–Trinajstić information content (AvgIpc) is 3.16. The molecule has 1 aromatic carbocycles. The third-order valence-corrected chi connectivity index (χ3v) is 5.14. The highest BCUT2D eigenvalue weighted by Crippen LogP contribution is 2.42. The molecule has 1 unspecified atom stereocenters. The van der Waals surface area contributed by atoms with Crippen LogP contribution >= 0.6 is 11.3 Å². The number of nitro groups is 1. The average molecular weight is 344 g/mol. The van der Waals surface area contributed by atoms with Gasteiger partial charge < -0.3 is 4.42 Å². The number of aromatic nitrogens is 2. The Morgan fingerprint density at radius 2 is 2.29 bits per heavy atom. The van der Waals surface area contributed by atoms with Gasteiger partial charge >= 0.3 is 0 Å². The molecule has 8 heteroatoms. The minimum Gasteiger partial charge on any atom is -0.439 e. The Morgan fingerprint density at radius 3 is 2.96 bits per heavy atom. The number of hydrogen-bond donors (Lipinski definition) is 1. The number of thiazole rings is 1. The number of benzene rings is 1. The lowest BCUT2D eigenvalue weighted by Gasteiger charge is -2.14. The minimum atomic E-state index is -0.431.